The molecule has 0 aromatic carbocycles. The predicted octanol–water partition coefficient (Wildman–Crippen LogP) is 4.53. The molecule has 5 saturated carbocycles. The first-order chi connectivity index (χ1) is 16.3. The van der Waals surface area contributed by atoms with E-state index in [0.717, 1.165) is 32.2 Å². The number of aliphatic hydroxyl groups excluding tert-OH is 1. The SMILES string of the molecule is CC(C)C1=NC[C@]2(C)[C@H](CCC34CC35C(=O)C[C@]3(C)[C@@H]([C@H](C)N(C)C)[C@H](O)C[C@@]3(C)[C@@H]5CC[C@H]42)N1. The molecule has 2 N–H and O–H groups in total. The smallest absolute Gasteiger partial charge is 0.140 e. The number of carbonyl (C=O) groups excluding carboxylic acids is 1. The zero-order chi connectivity index (χ0) is 25.3. The van der Waals surface area contributed by atoms with Crippen LogP contribution in [0, 0.1) is 50.7 Å². The van der Waals surface area contributed by atoms with Crippen LogP contribution in [-0.2, 0) is 4.79 Å². The van der Waals surface area contributed by atoms with Gasteiger partial charge in [0.05, 0.1) is 11.9 Å². The van der Waals surface area contributed by atoms with Gasteiger partial charge in [0, 0.05) is 47.7 Å². The van der Waals surface area contributed by atoms with Crippen LogP contribution in [-0.4, -0.2) is 60.5 Å². The van der Waals surface area contributed by atoms with E-state index in [1.807, 2.05) is 0 Å². The molecule has 5 nitrogen and oxygen atoms in total. The first kappa shape index (κ1) is 24.4. The lowest BCUT2D eigenvalue weighted by molar-refractivity contribution is -0.170. The number of amidine groups is 1. The standard InChI is InChI=1S/C30H49N3O2/c1-17(2)25-31-16-26(4)20-9-10-21-27(5)13-19(34)24(18(3)33(7)8)28(27,6)14-23(35)30(21)15-29(20,30)12-11-22(26)32-25/h17-22,24,34H,9-16H2,1-8H3,(H,31,32)/t18-,19+,20-,21-,22-,24-,26-,27-,28+,29?,30?/m0/s1. The molecule has 1 heterocycles. The third-order valence-electron chi connectivity index (χ3n) is 13.5. The lowest BCUT2D eigenvalue weighted by atomic mass is 9.41. The molecule has 5 aliphatic carbocycles. The fourth-order valence-corrected chi connectivity index (χ4v) is 11.5. The number of Topliss-reactive ketones (excluding diaryl/α,β-unsaturated/α-hetero) is 1. The van der Waals surface area contributed by atoms with Gasteiger partial charge >= 0.3 is 0 Å². The molecule has 5 heteroatoms. The molecule has 0 aromatic heterocycles. The van der Waals surface area contributed by atoms with Gasteiger partial charge in [-0.2, -0.15) is 0 Å². The highest BCUT2D eigenvalue weighted by Crippen LogP contribution is 2.88. The van der Waals surface area contributed by atoms with Gasteiger partial charge in [-0.1, -0.05) is 34.6 Å². The number of aliphatic hydroxyl groups is 1. The van der Waals surface area contributed by atoms with E-state index in [2.05, 4.69) is 65.9 Å². The van der Waals surface area contributed by atoms with Gasteiger partial charge < -0.3 is 15.3 Å². The average Bonchev–Trinajstić information content (AvgIpc) is 3.41. The molecular formula is C30H49N3O2. The van der Waals surface area contributed by atoms with Crippen LogP contribution in [0.15, 0.2) is 4.99 Å². The molecule has 0 bridgehead atoms. The highest BCUT2D eigenvalue weighted by Gasteiger charge is 2.86. The van der Waals surface area contributed by atoms with E-state index in [-0.39, 0.29) is 45.1 Å². The summed E-state index contributed by atoms with van der Waals surface area (Å²) in [6.45, 7) is 15.0. The summed E-state index contributed by atoms with van der Waals surface area (Å²) in [6, 6.07) is 0.749. The van der Waals surface area contributed by atoms with Crippen LogP contribution >= 0.6 is 0 Å². The van der Waals surface area contributed by atoms with Gasteiger partial charge in [-0.15, -0.1) is 0 Å². The topological polar surface area (TPSA) is 64.9 Å². The van der Waals surface area contributed by atoms with E-state index >= 15 is 0 Å². The lowest BCUT2D eigenvalue weighted by Gasteiger charge is -2.63. The molecule has 5 fully saturated rings. The van der Waals surface area contributed by atoms with Gasteiger partial charge in [-0.05, 0) is 87.6 Å². The Labute approximate surface area is 212 Å². The summed E-state index contributed by atoms with van der Waals surface area (Å²) in [5, 5.41) is 15.3. The minimum Gasteiger partial charge on any atom is -0.393 e. The Bertz CT molecular complexity index is 977. The number of carbonyl (C=O) groups is 1. The van der Waals surface area contributed by atoms with Gasteiger partial charge in [0.25, 0.3) is 0 Å². The minimum absolute atomic E-state index is 0.0231. The number of fused-ring (bicyclic) bond motifs is 4. The Hall–Kier alpha value is -0.940. The van der Waals surface area contributed by atoms with Gasteiger partial charge in [0.15, 0.2) is 0 Å². The zero-order valence-corrected chi connectivity index (χ0v) is 23.4. The summed E-state index contributed by atoms with van der Waals surface area (Å²) in [7, 11) is 4.24. The van der Waals surface area contributed by atoms with Crippen molar-refractivity contribution in [1.82, 2.24) is 10.2 Å². The fraction of sp³-hybridized carbons (Fsp3) is 0.933. The Balaban J connectivity index is 1.38. The van der Waals surface area contributed by atoms with Crippen molar-refractivity contribution in [3.8, 4) is 0 Å². The molecule has 0 radical (unpaired) electrons. The maximum Gasteiger partial charge on any atom is 0.140 e. The normalized spacial score (nSPS) is 55.2. The molecule has 6 rings (SSSR count). The maximum atomic E-state index is 14.4. The molecule has 11 atom stereocenters. The van der Waals surface area contributed by atoms with E-state index in [9.17, 15) is 9.90 Å². The van der Waals surface area contributed by atoms with Crippen LogP contribution in [0.5, 0.6) is 0 Å². The lowest BCUT2D eigenvalue weighted by Crippen LogP contribution is -2.65. The van der Waals surface area contributed by atoms with Crippen molar-refractivity contribution in [2.45, 2.75) is 105 Å². The van der Waals surface area contributed by atoms with Crippen LogP contribution in [0.1, 0.15) is 86.5 Å². The van der Waals surface area contributed by atoms with Crippen molar-refractivity contribution in [2.75, 3.05) is 20.6 Å². The quantitative estimate of drug-likeness (QED) is 0.619. The predicted molar refractivity (Wildman–Crippen MR) is 140 cm³/mol. The van der Waals surface area contributed by atoms with Crippen LogP contribution in [0.4, 0.5) is 0 Å². The van der Waals surface area contributed by atoms with E-state index in [1.165, 1.54) is 18.7 Å². The van der Waals surface area contributed by atoms with Gasteiger partial charge in [0.1, 0.15) is 5.78 Å². The van der Waals surface area contributed by atoms with Crippen molar-refractivity contribution in [1.29, 1.82) is 0 Å². The number of hydrogen-bond acceptors (Lipinski definition) is 5. The molecule has 1 aliphatic heterocycles. The van der Waals surface area contributed by atoms with E-state index in [1.54, 1.807) is 0 Å². The Morgan fingerprint density at radius 3 is 2.40 bits per heavy atom. The third kappa shape index (κ3) is 2.63. The van der Waals surface area contributed by atoms with Crippen molar-refractivity contribution >= 4 is 11.6 Å². The van der Waals surface area contributed by atoms with Gasteiger partial charge in [0.2, 0.25) is 0 Å². The number of hydrogen-bond donors (Lipinski definition) is 2. The third-order valence-corrected chi connectivity index (χ3v) is 13.5. The molecule has 6 aliphatic rings. The summed E-state index contributed by atoms with van der Waals surface area (Å²) in [6.07, 6.45) is 7.01. The molecule has 2 spiro atoms. The van der Waals surface area contributed by atoms with Crippen LogP contribution in [0.25, 0.3) is 0 Å². The van der Waals surface area contributed by atoms with E-state index in [4.69, 9.17) is 4.99 Å². The summed E-state index contributed by atoms with van der Waals surface area (Å²) < 4.78 is 0. The molecule has 196 valence electrons. The average molecular weight is 484 g/mol. The number of nitrogens with zero attached hydrogens (tertiary/aromatic N) is 2. The van der Waals surface area contributed by atoms with Crippen molar-refractivity contribution < 1.29 is 9.90 Å². The molecule has 0 aromatic rings. The van der Waals surface area contributed by atoms with Gasteiger partial charge in [-0.3, -0.25) is 9.79 Å². The van der Waals surface area contributed by atoms with Crippen LogP contribution in [0.2, 0.25) is 0 Å². The fourth-order valence-electron chi connectivity index (χ4n) is 11.5. The van der Waals surface area contributed by atoms with Crippen molar-refractivity contribution in [3.05, 3.63) is 0 Å². The minimum atomic E-state index is -0.322. The van der Waals surface area contributed by atoms with Crippen molar-refractivity contribution in [2.24, 2.45) is 55.7 Å². The first-order valence-corrected chi connectivity index (χ1v) is 14.5. The summed E-state index contributed by atoms with van der Waals surface area (Å²) >= 11 is 0. The van der Waals surface area contributed by atoms with Gasteiger partial charge in [-0.25, -0.2) is 0 Å². The number of rotatable bonds is 3. The molecule has 2 unspecified atom stereocenters. The molecule has 0 amide bonds. The largest absolute Gasteiger partial charge is 0.393 e. The summed E-state index contributed by atoms with van der Waals surface area (Å²) in [4.78, 5) is 21.8. The van der Waals surface area contributed by atoms with Crippen molar-refractivity contribution in [3.63, 3.8) is 0 Å². The highest BCUT2D eigenvalue weighted by molar-refractivity contribution is 5.92. The number of nitrogens with one attached hydrogen (secondary N) is 1. The summed E-state index contributed by atoms with van der Waals surface area (Å²) in [5.74, 6) is 3.32. The number of ketones is 1. The first-order valence-electron chi connectivity index (χ1n) is 14.5. The Kier molecular flexibility index (Phi) is 4.97. The molecule has 35 heavy (non-hydrogen) atoms. The Morgan fingerprint density at radius 1 is 1.06 bits per heavy atom. The second-order valence-corrected chi connectivity index (χ2v) is 15.0. The molecule has 0 saturated heterocycles. The zero-order valence-electron chi connectivity index (χ0n) is 23.4. The van der Waals surface area contributed by atoms with E-state index in [0.29, 0.717) is 36.0 Å². The second-order valence-electron chi connectivity index (χ2n) is 15.0. The monoisotopic (exact) mass is 483 g/mol. The van der Waals surface area contributed by atoms with Crippen LogP contribution in [0.3, 0.4) is 0 Å². The second kappa shape index (κ2) is 7.12. The Morgan fingerprint density at radius 2 is 1.74 bits per heavy atom. The summed E-state index contributed by atoms with van der Waals surface area (Å²) in [5.41, 5.74) is 0.0602. The van der Waals surface area contributed by atoms with E-state index < -0.39 is 0 Å². The molecular weight excluding hydrogens is 434 g/mol. The maximum absolute atomic E-state index is 14.4. The number of aliphatic imine (C=N–C) groups is 1. The highest BCUT2D eigenvalue weighted by atomic mass is 16.3. The van der Waals surface area contributed by atoms with Crippen LogP contribution < -0.4 is 5.32 Å².